The number of benzene rings is 2. The Labute approximate surface area is 191 Å². The maximum atomic E-state index is 13.0. The first-order valence-electron chi connectivity index (χ1n) is 11.0. The molecule has 2 heterocycles. The van der Waals surface area contributed by atoms with Gasteiger partial charge in [-0.2, -0.15) is 13.2 Å². The van der Waals surface area contributed by atoms with E-state index in [0.717, 1.165) is 47.1 Å². The van der Waals surface area contributed by atoms with Crippen molar-refractivity contribution in [1.29, 1.82) is 0 Å². The van der Waals surface area contributed by atoms with Crippen LogP contribution in [-0.2, 0) is 6.18 Å². The maximum absolute atomic E-state index is 13.0. The largest absolute Gasteiger partial charge is 0.416 e. The summed E-state index contributed by atoms with van der Waals surface area (Å²) in [6.45, 7) is 5.41. The van der Waals surface area contributed by atoms with Crippen molar-refractivity contribution in [2.45, 2.75) is 38.8 Å². The Kier molecular flexibility index (Phi) is 6.40. The fourth-order valence-corrected chi connectivity index (χ4v) is 4.14. The summed E-state index contributed by atoms with van der Waals surface area (Å²) in [7, 11) is 0. The first-order chi connectivity index (χ1) is 15.7. The third-order valence-electron chi connectivity index (χ3n) is 6.28. The molecule has 0 atom stereocenters. The minimum Gasteiger partial charge on any atom is -0.357 e. The Morgan fingerprint density at radius 2 is 1.76 bits per heavy atom. The lowest BCUT2D eigenvalue weighted by Gasteiger charge is -2.33. The zero-order chi connectivity index (χ0) is 23.6. The van der Waals surface area contributed by atoms with E-state index in [1.165, 1.54) is 12.1 Å². The summed E-state index contributed by atoms with van der Waals surface area (Å²) in [5.74, 6) is 0.632. The number of anilines is 2. The van der Waals surface area contributed by atoms with Crippen LogP contribution in [0.2, 0.25) is 0 Å². The lowest BCUT2D eigenvalue weighted by atomic mass is 9.88. The van der Waals surface area contributed by atoms with Crippen molar-refractivity contribution in [3.8, 4) is 0 Å². The van der Waals surface area contributed by atoms with Crippen LogP contribution in [0, 0.1) is 13.8 Å². The van der Waals surface area contributed by atoms with Crippen LogP contribution < -0.4 is 10.2 Å². The van der Waals surface area contributed by atoms with Crippen LogP contribution >= 0.6 is 0 Å². The van der Waals surface area contributed by atoms with Crippen molar-refractivity contribution < 1.29 is 18.0 Å². The normalized spacial score (nSPS) is 14.9. The highest BCUT2D eigenvalue weighted by atomic mass is 19.4. The number of hydrogen-bond acceptors (Lipinski definition) is 3. The fraction of sp³-hybridized carbons (Fsp3) is 0.308. The molecule has 33 heavy (non-hydrogen) atoms. The third-order valence-corrected chi connectivity index (χ3v) is 6.28. The zero-order valence-corrected chi connectivity index (χ0v) is 18.6. The Balaban J connectivity index is 1.36. The number of rotatable bonds is 4. The summed E-state index contributed by atoms with van der Waals surface area (Å²) >= 11 is 0. The number of amides is 1. The van der Waals surface area contributed by atoms with Crippen molar-refractivity contribution in [3.63, 3.8) is 0 Å². The van der Waals surface area contributed by atoms with Crippen molar-refractivity contribution in [2.24, 2.45) is 0 Å². The second kappa shape index (κ2) is 9.25. The van der Waals surface area contributed by atoms with Gasteiger partial charge < -0.3 is 10.2 Å². The van der Waals surface area contributed by atoms with E-state index in [9.17, 15) is 18.0 Å². The molecule has 1 amide bonds. The van der Waals surface area contributed by atoms with Crippen molar-refractivity contribution in [1.82, 2.24) is 4.98 Å². The molecule has 0 spiro atoms. The van der Waals surface area contributed by atoms with E-state index in [4.69, 9.17) is 0 Å². The van der Waals surface area contributed by atoms with Gasteiger partial charge in [0.2, 0.25) is 0 Å². The zero-order valence-electron chi connectivity index (χ0n) is 18.6. The second-order valence-electron chi connectivity index (χ2n) is 8.54. The highest BCUT2D eigenvalue weighted by molar-refractivity contribution is 6.04. The number of alkyl halides is 3. The molecular weight excluding hydrogens is 427 g/mol. The minimum absolute atomic E-state index is 0.0894. The number of aromatic nitrogens is 1. The number of piperidine rings is 1. The molecular formula is C26H26F3N3O. The average Bonchev–Trinajstić information content (AvgIpc) is 2.81. The molecule has 3 aromatic rings. The summed E-state index contributed by atoms with van der Waals surface area (Å²) in [6, 6.07) is 15.0. The lowest BCUT2D eigenvalue weighted by molar-refractivity contribution is -0.137. The quantitative estimate of drug-likeness (QED) is 0.500. The van der Waals surface area contributed by atoms with Gasteiger partial charge in [-0.15, -0.1) is 0 Å². The number of halogens is 3. The molecule has 0 aliphatic carbocycles. The average molecular weight is 454 g/mol. The minimum atomic E-state index is -4.33. The first-order valence-corrected chi connectivity index (χ1v) is 11.0. The summed E-state index contributed by atoms with van der Waals surface area (Å²) in [6.07, 6.45) is -1.27. The number of aryl methyl sites for hydroxylation is 2. The molecule has 0 saturated carbocycles. The number of carbonyl (C=O) groups is 1. The molecule has 1 aromatic heterocycles. The van der Waals surface area contributed by atoms with E-state index in [1.54, 1.807) is 18.3 Å². The van der Waals surface area contributed by atoms with E-state index in [-0.39, 0.29) is 11.8 Å². The molecule has 172 valence electrons. The van der Waals surface area contributed by atoms with Gasteiger partial charge in [-0.1, -0.05) is 24.3 Å². The Hall–Kier alpha value is -3.35. The first kappa shape index (κ1) is 22.8. The number of pyridine rings is 1. The van der Waals surface area contributed by atoms with Gasteiger partial charge in [0.1, 0.15) is 5.82 Å². The summed E-state index contributed by atoms with van der Waals surface area (Å²) in [4.78, 5) is 19.1. The highest BCUT2D eigenvalue weighted by Gasteiger charge is 2.31. The van der Waals surface area contributed by atoms with Crippen LogP contribution in [0.15, 0.2) is 60.8 Å². The van der Waals surface area contributed by atoms with Gasteiger partial charge >= 0.3 is 6.18 Å². The molecule has 4 rings (SSSR count). The predicted octanol–water partition coefficient (Wildman–Crippen LogP) is 6.35. The Bertz CT molecular complexity index is 1130. The van der Waals surface area contributed by atoms with E-state index < -0.39 is 11.7 Å². The molecule has 0 radical (unpaired) electrons. The predicted molar refractivity (Wildman–Crippen MR) is 124 cm³/mol. The third kappa shape index (κ3) is 5.35. The van der Waals surface area contributed by atoms with Crippen LogP contribution in [0.25, 0.3) is 0 Å². The van der Waals surface area contributed by atoms with Crippen LogP contribution in [0.4, 0.5) is 24.7 Å². The fourth-order valence-electron chi connectivity index (χ4n) is 4.14. The topological polar surface area (TPSA) is 45.2 Å². The van der Waals surface area contributed by atoms with E-state index >= 15 is 0 Å². The summed E-state index contributed by atoms with van der Waals surface area (Å²) < 4.78 is 39.1. The molecule has 1 saturated heterocycles. The van der Waals surface area contributed by atoms with Gasteiger partial charge in [0.05, 0.1) is 11.1 Å². The molecule has 0 unspecified atom stereocenters. The van der Waals surface area contributed by atoms with Gasteiger partial charge in [0.25, 0.3) is 5.91 Å². The smallest absolute Gasteiger partial charge is 0.357 e. The maximum Gasteiger partial charge on any atom is 0.416 e. The summed E-state index contributed by atoms with van der Waals surface area (Å²) in [5.41, 5.74) is 3.61. The number of nitrogens with one attached hydrogen (secondary N) is 1. The molecule has 1 aliphatic rings. The lowest BCUT2D eigenvalue weighted by Crippen LogP contribution is -2.33. The molecule has 0 bridgehead atoms. The van der Waals surface area contributed by atoms with Gasteiger partial charge in [0, 0.05) is 25.0 Å². The highest BCUT2D eigenvalue weighted by Crippen LogP contribution is 2.34. The van der Waals surface area contributed by atoms with Gasteiger partial charge in [-0.05, 0) is 79.6 Å². The van der Waals surface area contributed by atoms with Crippen LogP contribution in [0.5, 0.6) is 0 Å². The Morgan fingerprint density at radius 3 is 2.39 bits per heavy atom. The summed E-state index contributed by atoms with van der Waals surface area (Å²) in [5, 5.41) is 2.89. The number of carbonyl (C=O) groups excluding carboxylic acids is 1. The van der Waals surface area contributed by atoms with Crippen LogP contribution in [-0.4, -0.2) is 24.0 Å². The molecule has 7 heteroatoms. The van der Waals surface area contributed by atoms with E-state index in [1.807, 2.05) is 38.1 Å². The van der Waals surface area contributed by atoms with E-state index in [0.29, 0.717) is 18.7 Å². The van der Waals surface area contributed by atoms with Gasteiger partial charge in [-0.3, -0.25) is 4.79 Å². The number of hydrogen-bond donors (Lipinski definition) is 1. The van der Waals surface area contributed by atoms with Crippen molar-refractivity contribution in [2.75, 3.05) is 23.3 Å². The number of nitrogens with zero attached hydrogens (tertiary/aromatic N) is 2. The molecule has 1 fully saturated rings. The molecule has 1 aliphatic heterocycles. The molecule has 1 N–H and O–H groups in total. The molecule has 2 aromatic carbocycles. The molecule has 4 nitrogen and oxygen atoms in total. The second-order valence-corrected chi connectivity index (χ2v) is 8.54. The van der Waals surface area contributed by atoms with Gasteiger partial charge in [0.15, 0.2) is 0 Å². The van der Waals surface area contributed by atoms with E-state index in [2.05, 4.69) is 15.2 Å². The van der Waals surface area contributed by atoms with Crippen molar-refractivity contribution in [3.05, 3.63) is 88.6 Å². The van der Waals surface area contributed by atoms with Gasteiger partial charge in [-0.25, -0.2) is 4.98 Å². The van der Waals surface area contributed by atoms with Crippen LogP contribution in [0.1, 0.15) is 51.4 Å². The standard InChI is InChI=1S/C26H26F3N3O/c1-17-6-8-23(14-18(17)2)31-25(33)21-7-9-24(30-16-21)32-12-10-19(11-13-32)20-4-3-5-22(15-20)26(27,28)29/h3-9,14-16,19H,10-13H2,1-2H3,(H,31,33). The Morgan fingerprint density at radius 1 is 1.00 bits per heavy atom. The van der Waals surface area contributed by atoms with Crippen LogP contribution in [0.3, 0.4) is 0 Å². The van der Waals surface area contributed by atoms with Crippen molar-refractivity contribution >= 4 is 17.4 Å². The SMILES string of the molecule is Cc1ccc(NC(=O)c2ccc(N3CCC(c4cccc(C(F)(F)F)c4)CC3)nc2)cc1C. The monoisotopic (exact) mass is 453 g/mol.